The average Bonchev–Trinajstić information content (AvgIpc) is 2.32. The van der Waals surface area contributed by atoms with Crippen molar-refractivity contribution >= 4 is 5.96 Å². The molecule has 2 rings (SSSR count). The van der Waals surface area contributed by atoms with Crippen molar-refractivity contribution in [3.8, 4) is 0 Å². The first kappa shape index (κ1) is 12.7. The molecular weight excluding hydrogens is 212 g/mol. The van der Waals surface area contributed by atoms with Crippen LogP contribution in [0.3, 0.4) is 0 Å². The lowest BCUT2D eigenvalue weighted by Crippen LogP contribution is -2.46. The molecule has 0 amide bonds. The summed E-state index contributed by atoms with van der Waals surface area (Å²) in [7, 11) is 2.10. The van der Waals surface area contributed by atoms with Crippen LogP contribution in [0.15, 0.2) is 4.99 Å². The molecule has 0 bridgehead atoms. The summed E-state index contributed by atoms with van der Waals surface area (Å²) < 4.78 is 0. The summed E-state index contributed by atoms with van der Waals surface area (Å²) in [5, 5.41) is 0. The van der Waals surface area contributed by atoms with Gasteiger partial charge in [-0.3, -0.25) is 5.43 Å². The lowest BCUT2D eigenvalue weighted by atomic mass is 9.85. The van der Waals surface area contributed by atoms with Crippen LogP contribution in [-0.4, -0.2) is 30.5 Å². The Bertz CT molecular complexity index is 254. The van der Waals surface area contributed by atoms with Gasteiger partial charge in [-0.2, -0.15) is 0 Å². The van der Waals surface area contributed by atoms with Gasteiger partial charge in [0.25, 0.3) is 0 Å². The molecule has 2 aliphatic carbocycles. The van der Waals surface area contributed by atoms with Crippen molar-refractivity contribution in [1.82, 2.24) is 10.3 Å². The van der Waals surface area contributed by atoms with Gasteiger partial charge in [-0.1, -0.05) is 25.7 Å². The maximum atomic E-state index is 5.60. The zero-order valence-corrected chi connectivity index (χ0v) is 11.0. The number of nitrogens with zero attached hydrogens (tertiary/aromatic N) is 2. The van der Waals surface area contributed by atoms with E-state index in [4.69, 9.17) is 10.8 Å². The number of nitrogens with two attached hydrogens (primary N) is 1. The largest absolute Gasteiger partial charge is 0.345 e. The van der Waals surface area contributed by atoms with Crippen molar-refractivity contribution in [1.29, 1.82) is 0 Å². The molecule has 17 heavy (non-hydrogen) atoms. The number of hydrogen-bond donors (Lipinski definition) is 2. The van der Waals surface area contributed by atoms with Gasteiger partial charge in [-0.15, -0.1) is 0 Å². The van der Waals surface area contributed by atoms with E-state index < -0.39 is 0 Å². The van der Waals surface area contributed by atoms with Gasteiger partial charge < -0.3 is 4.90 Å². The van der Waals surface area contributed by atoms with Crippen LogP contribution in [0.1, 0.15) is 51.4 Å². The summed E-state index contributed by atoms with van der Waals surface area (Å²) in [5.74, 6) is 7.33. The fraction of sp³-hybridized carbons (Fsp3) is 0.923. The molecule has 0 heterocycles. The monoisotopic (exact) mass is 238 g/mol. The Labute approximate surface area is 105 Å². The highest BCUT2D eigenvalue weighted by Crippen LogP contribution is 2.27. The molecule has 98 valence electrons. The molecule has 0 aromatic heterocycles. The van der Waals surface area contributed by atoms with Crippen molar-refractivity contribution in [2.75, 3.05) is 13.6 Å². The van der Waals surface area contributed by atoms with Crippen LogP contribution in [0.2, 0.25) is 0 Å². The van der Waals surface area contributed by atoms with E-state index >= 15 is 0 Å². The fourth-order valence-electron chi connectivity index (χ4n) is 2.78. The molecule has 4 heteroatoms. The van der Waals surface area contributed by atoms with Gasteiger partial charge in [-0.25, -0.2) is 10.8 Å². The van der Waals surface area contributed by atoms with E-state index in [0.29, 0.717) is 6.04 Å². The summed E-state index contributed by atoms with van der Waals surface area (Å²) in [5.41, 5.74) is 2.78. The Morgan fingerprint density at radius 1 is 1.18 bits per heavy atom. The Morgan fingerprint density at radius 3 is 2.41 bits per heavy atom. The number of hydrogen-bond acceptors (Lipinski definition) is 2. The first-order chi connectivity index (χ1) is 8.29. The predicted octanol–water partition coefficient (Wildman–Crippen LogP) is 1.87. The van der Waals surface area contributed by atoms with E-state index in [1.807, 2.05) is 0 Å². The molecule has 0 radical (unpaired) electrons. The third kappa shape index (κ3) is 3.60. The van der Waals surface area contributed by atoms with Crippen molar-refractivity contribution in [2.24, 2.45) is 16.8 Å². The highest BCUT2D eigenvalue weighted by Gasteiger charge is 2.21. The number of aliphatic imine (C=N–C) groups is 1. The lowest BCUT2D eigenvalue weighted by molar-refractivity contribution is 0.254. The first-order valence-electron chi connectivity index (χ1n) is 7.05. The number of rotatable bonds is 3. The maximum Gasteiger partial charge on any atom is 0.208 e. The van der Waals surface area contributed by atoms with Crippen molar-refractivity contribution in [2.45, 2.75) is 57.4 Å². The fourth-order valence-corrected chi connectivity index (χ4v) is 2.78. The lowest BCUT2D eigenvalue weighted by Gasteiger charge is -2.32. The topological polar surface area (TPSA) is 53.6 Å². The molecule has 0 unspecified atom stereocenters. The molecule has 3 N–H and O–H groups in total. The molecule has 0 spiro atoms. The van der Waals surface area contributed by atoms with Crippen LogP contribution in [0, 0.1) is 5.92 Å². The van der Waals surface area contributed by atoms with Crippen LogP contribution < -0.4 is 11.3 Å². The van der Waals surface area contributed by atoms with Gasteiger partial charge in [0, 0.05) is 13.6 Å². The molecule has 0 aromatic rings. The van der Waals surface area contributed by atoms with Crippen molar-refractivity contribution in [3.05, 3.63) is 0 Å². The van der Waals surface area contributed by atoms with E-state index in [-0.39, 0.29) is 0 Å². The Morgan fingerprint density at radius 2 is 1.88 bits per heavy atom. The number of guanidine groups is 1. The second-order valence-electron chi connectivity index (χ2n) is 5.57. The molecule has 2 saturated carbocycles. The molecule has 0 atom stereocenters. The SMILES string of the molecule is CN(CC1CCC1)C(=NC1CCCCC1)NN. The second kappa shape index (κ2) is 6.24. The van der Waals surface area contributed by atoms with Crippen LogP contribution in [0.25, 0.3) is 0 Å². The maximum absolute atomic E-state index is 5.60. The average molecular weight is 238 g/mol. The zero-order chi connectivity index (χ0) is 12.1. The third-order valence-electron chi connectivity index (χ3n) is 4.13. The minimum atomic E-state index is 0.485. The molecule has 2 fully saturated rings. The summed E-state index contributed by atoms with van der Waals surface area (Å²) in [4.78, 5) is 6.96. The van der Waals surface area contributed by atoms with E-state index in [2.05, 4.69) is 17.4 Å². The van der Waals surface area contributed by atoms with Crippen LogP contribution in [0.5, 0.6) is 0 Å². The van der Waals surface area contributed by atoms with E-state index in [1.165, 1.54) is 51.4 Å². The highest BCUT2D eigenvalue weighted by molar-refractivity contribution is 5.79. The van der Waals surface area contributed by atoms with Crippen LogP contribution in [0.4, 0.5) is 0 Å². The molecule has 0 aliphatic heterocycles. The smallest absolute Gasteiger partial charge is 0.208 e. The third-order valence-corrected chi connectivity index (χ3v) is 4.13. The minimum absolute atomic E-state index is 0.485. The van der Waals surface area contributed by atoms with Gasteiger partial charge in [0.1, 0.15) is 0 Å². The van der Waals surface area contributed by atoms with Crippen molar-refractivity contribution < 1.29 is 0 Å². The normalized spacial score (nSPS) is 23.3. The van der Waals surface area contributed by atoms with Gasteiger partial charge in [0.15, 0.2) is 0 Å². The predicted molar refractivity (Wildman–Crippen MR) is 71.6 cm³/mol. The molecule has 0 aromatic carbocycles. The van der Waals surface area contributed by atoms with Gasteiger partial charge in [-0.05, 0) is 31.6 Å². The van der Waals surface area contributed by atoms with Gasteiger partial charge in [0.05, 0.1) is 6.04 Å². The quantitative estimate of drug-likeness (QED) is 0.341. The summed E-state index contributed by atoms with van der Waals surface area (Å²) in [6.07, 6.45) is 10.6. The zero-order valence-electron chi connectivity index (χ0n) is 11.0. The van der Waals surface area contributed by atoms with Gasteiger partial charge in [0.2, 0.25) is 5.96 Å². The van der Waals surface area contributed by atoms with Crippen molar-refractivity contribution in [3.63, 3.8) is 0 Å². The Hall–Kier alpha value is -0.770. The van der Waals surface area contributed by atoms with Crippen LogP contribution >= 0.6 is 0 Å². The minimum Gasteiger partial charge on any atom is -0.345 e. The number of nitrogens with one attached hydrogen (secondary N) is 1. The number of hydrazine groups is 1. The highest BCUT2D eigenvalue weighted by atomic mass is 15.4. The van der Waals surface area contributed by atoms with Crippen LogP contribution in [-0.2, 0) is 0 Å². The summed E-state index contributed by atoms with van der Waals surface area (Å²) >= 11 is 0. The second-order valence-corrected chi connectivity index (χ2v) is 5.57. The Balaban J connectivity index is 1.85. The molecular formula is C13H26N4. The van der Waals surface area contributed by atoms with E-state index in [9.17, 15) is 0 Å². The molecule has 4 nitrogen and oxygen atoms in total. The summed E-state index contributed by atoms with van der Waals surface area (Å²) in [6, 6.07) is 0.485. The van der Waals surface area contributed by atoms with E-state index in [0.717, 1.165) is 18.4 Å². The molecule has 0 saturated heterocycles. The standard InChI is InChI=1S/C13H26N4/c1-17(10-11-6-5-7-11)13(16-14)15-12-8-3-2-4-9-12/h11-12H,2-10,14H2,1H3,(H,15,16). The summed E-state index contributed by atoms with van der Waals surface area (Å²) in [6.45, 7) is 1.09. The molecule has 2 aliphatic rings. The van der Waals surface area contributed by atoms with E-state index in [1.54, 1.807) is 0 Å². The van der Waals surface area contributed by atoms with Gasteiger partial charge >= 0.3 is 0 Å². The first-order valence-corrected chi connectivity index (χ1v) is 7.05. The Kier molecular flexibility index (Phi) is 4.66.